The largest absolute Gasteiger partial charge is 0.497 e. The third kappa shape index (κ3) is 2.75. The highest BCUT2D eigenvalue weighted by atomic mass is 32.2. The van der Waals surface area contributed by atoms with Crippen molar-refractivity contribution in [1.82, 2.24) is 9.88 Å². The number of ether oxygens (including phenoxy) is 1. The SMILES string of the molecule is COc1ccc(CN2C(=O)[C@@H](C)S(=O)(=O)[C@H]2c2cccnc2)cc1. The van der Waals surface area contributed by atoms with E-state index in [-0.39, 0.29) is 12.5 Å². The fraction of sp³-hybridized carbons (Fsp3) is 0.294. The molecule has 1 aliphatic rings. The van der Waals surface area contributed by atoms with Gasteiger partial charge >= 0.3 is 0 Å². The average Bonchev–Trinajstić information content (AvgIpc) is 2.76. The van der Waals surface area contributed by atoms with Gasteiger partial charge in [0.1, 0.15) is 11.0 Å². The number of benzene rings is 1. The van der Waals surface area contributed by atoms with Crippen LogP contribution in [0.25, 0.3) is 0 Å². The lowest BCUT2D eigenvalue weighted by Gasteiger charge is -2.23. The molecule has 126 valence electrons. The Balaban J connectivity index is 1.98. The van der Waals surface area contributed by atoms with Crippen molar-refractivity contribution in [2.45, 2.75) is 24.1 Å². The maximum absolute atomic E-state index is 12.7. The number of carbonyl (C=O) groups excluding carboxylic acids is 1. The number of methoxy groups -OCH3 is 1. The molecular formula is C17H18N2O4S. The number of rotatable bonds is 4. The zero-order chi connectivity index (χ0) is 17.3. The molecule has 0 bridgehead atoms. The van der Waals surface area contributed by atoms with E-state index in [0.717, 1.165) is 5.56 Å². The van der Waals surface area contributed by atoms with Crippen molar-refractivity contribution in [3.05, 3.63) is 59.9 Å². The fourth-order valence-corrected chi connectivity index (χ4v) is 4.70. The third-order valence-electron chi connectivity index (χ3n) is 4.20. The van der Waals surface area contributed by atoms with Crippen molar-refractivity contribution in [1.29, 1.82) is 0 Å². The monoisotopic (exact) mass is 346 g/mol. The molecular weight excluding hydrogens is 328 g/mol. The van der Waals surface area contributed by atoms with Crippen molar-refractivity contribution in [2.75, 3.05) is 7.11 Å². The van der Waals surface area contributed by atoms with E-state index < -0.39 is 20.5 Å². The van der Waals surface area contributed by atoms with Gasteiger partial charge in [-0.15, -0.1) is 0 Å². The number of hydrogen-bond donors (Lipinski definition) is 0. The molecule has 2 aromatic rings. The summed E-state index contributed by atoms with van der Waals surface area (Å²) in [4.78, 5) is 17.9. The van der Waals surface area contributed by atoms with Gasteiger partial charge in [-0.1, -0.05) is 18.2 Å². The van der Waals surface area contributed by atoms with Gasteiger partial charge in [0.05, 0.1) is 7.11 Å². The van der Waals surface area contributed by atoms with Crippen LogP contribution in [-0.2, 0) is 21.2 Å². The van der Waals surface area contributed by atoms with E-state index in [1.54, 1.807) is 37.6 Å². The minimum Gasteiger partial charge on any atom is -0.497 e. The van der Waals surface area contributed by atoms with Crippen LogP contribution in [0, 0.1) is 0 Å². The fourth-order valence-electron chi connectivity index (χ4n) is 2.84. The smallest absolute Gasteiger partial charge is 0.242 e. The molecule has 0 saturated carbocycles. The standard InChI is InChI=1S/C17H18N2O4S/c1-12-16(20)19(11-13-5-7-15(23-2)8-6-13)17(24(12,21)22)14-4-3-9-18-10-14/h3-10,12,17H,11H2,1-2H3/t12-,17+/m1/s1. The number of sulfone groups is 1. The molecule has 7 heteroatoms. The second kappa shape index (κ2) is 6.24. The van der Waals surface area contributed by atoms with Crippen LogP contribution in [0.3, 0.4) is 0 Å². The molecule has 1 saturated heterocycles. The maximum Gasteiger partial charge on any atom is 0.242 e. The van der Waals surface area contributed by atoms with E-state index in [4.69, 9.17) is 4.74 Å². The summed E-state index contributed by atoms with van der Waals surface area (Å²) in [7, 11) is -2.06. The van der Waals surface area contributed by atoms with E-state index in [2.05, 4.69) is 4.98 Å². The van der Waals surface area contributed by atoms with Crippen LogP contribution in [0.1, 0.15) is 23.4 Å². The molecule has 6 nitrogen and oxygen atoms in total. The molecule has 24 heavy (non-hydrogen) atoms. The van der Waals surface area contributed by atoms with Crippen LogP contribution in [0.5, 0.6) is 5.75 Å². The van der Waals surface area contributed by atoms with Crippen LogP contribution in [0.4, 0.5) is 0 Å². The predicted molar refractivity (Wildman–Crippen MR) is 88.9 cm³/mol. The average molecular weight is 346 g/mol. The normalized spacial score (nSPS) is 22.6. The molecule has 0 N–H and O–H groups in total. The van der Waals surface area contributed by atoms with Crippen LogP contribution in [0.15, 0.2) is 48.8 Å². The highest BCUT2D eigenvalue weighted by Gasteiger charge is 2.50. The van der Waals surface area contributed by atoms with E-state index in [9.17, 15) is 13.2 Å². The summed E-state index contributed by atoms with van der Waals surface area (Å²) < 4.78 is 30.5. The molecule has 2 heterocycles. The highest BCUT2D eigenvalue weighted by Crippen LogP contribution is 2.38. The minimum atomic E-state index is -3.64. The number of hydrogen-bond acceptors (Lipinski definition) is 5. The summed E-state index contributed by atoms with van der Waals surface area (Å²) in [6.07, 6.45) is 3.07. The van der Waals surface area contributed by atoms with Gasteiger partial charge in [-0.2, -0.15) is 0 Å². The first-order valence-corrected chi connectivity index (χ1v) is 9.12. The molecule has 2 atom stereocenters. The lowest BCUT2D eigenvalue weighted by molar-refractivity contribution is -0.130. The second-order valence-electron chi connectivity index (χ2n) is 5.68. The van der Waals surface area contributed by atoms with Gasteiger partial charge in [-0.3, -0.25) is 9.78 Å². The lowest BCUT2D eigenvalue weighted by atomic mass is 10.1. The van der Waals surface area contributed by atoms with Crippen molar-refractivity contribution in [3.63, 3.8) is 0 Å². The van der Waals surface area contributed by atoms with Crippen molar-refractivity contribution in [2.24, 2.45) is 0 Å². The Morgan fingerprint density at radius 3 is 2.50 bits per heavy atom. The molecule has 0 aliphatic carbocycles. The molecule has 0 unspecified atom stereocenters. The third-order valence-corrected chi connectivity index (χ3v) is 6.54. The van der Waals surface area contributed by atoms with Crippen LogP contribution < -0.4 is 4.74 Å². The van der Waals surface area contributed by atoms with Crippen molar-refractivity contribution < 1.29 is 17.9 Å². The van der Waals surface area contributed by atoms with Gasteiger partial charge < -0.3 is 9.64 Å². The number of amides is 1. The Kier molecular flexibility index (Phi) is 4.28. The quantitative estimate of drug-likeness (QED) is 0.845. The summed E-state index contributed by atoms with van der Waals surface area (Å²) in [5.41, 5.74) is 1.34. The van der Waals surface area contributed by atoms with Gasteiger partial charge in [0.15, 0.2) is 15.2 Å². The number of aromatic nitrogens is 1. The molecule has 1 aromatic carbocycles. The van der Waals surface area contributed by atoms with Crippen molar-refractivity contribution >= 4 is 15.7 Å². The topological polar surface area (TPSA) is 76.6 Å². The van der Waals surface area contributed by atoms with Gasteiger partial charge in [-0.25, -0.2) is 8.42 Å². The van der Waals surface area contributed by atoms with E-state index in [0.29, 0.717) is 11.3 Å². The summed E-state index contributed by atoms with van der Waals surface area (Å²) in [5.74, 6) is 0.316. The van der Waals surface area contributed by atoms with Crippen LogP contribution in [-0.4, -0.2) is 36.6 Å². The second-order valence-corrected chi connectivity index (χ2v) is 8.02. The number of carbonyl (C=O) groups is 1. The van der Waals surface area contributed by atoms with Gasteiger partial charge in [0, 0.05) is 24.5 Å². The van der Waals surface area contributed by atoms with Crippen LogP contribution >= 0.6 is 0 Å². The zero-order valence-corrected chi connectivity index (χ0v) is 14.2. The Hall–Kier alpha value is -2.41. The summed E-state index contributed by atoms with van der Waals surface area (Å²) in [5, 5.41) is -2.06. The van der Waals surface area contributed by atoms with Gasteiger partial charge in [0.25, 0.3) is 0 Å². The first-order chi connectivity index (χ1) is 11.4. The molecule has 1 amide bonds. The first kappa shape index (κ1) is 16.4. The summed E-state index contributed by atoms with van der Waals surface area (Å²) in [6.45, 7) is 1.65. The molecule has 1 aliphatic heterocycles. The van der Waals surface area contributed by atoms with Crippen LogP contribution in [0.2, 0.25) is 0 Å². The van der Waals surface area contributed by atoms with E-state index in [1.165, 1.54) is 18.0 Å². The number of pyridine rings is 1. The van der Waals surface area contributed by atoms with Gasteiger partial charge in [0.2, 0.25) is 5.91 Å². The Bertz CT molecular complexity index is 835. The van der Waals surface area contributed by atoms with Crippen molar-refractivity contribution in [3.8, 4) is 5.75 Å². The number of nitrogens with zero attached hydrogens (tertiary/aromatic N) is 2. The van der Waals surface area contributed by atoms with E-state index in [1.807, 2.05) is 12.1 Å². The maximum atomic E-state index is 12.7. The zero-order valence-electron chi connectivity index (χ0n) is 13.4. The molecule has 0 radical (unpaired) electrons. The first-order valence-electron chi connectivity index (χ1n) is 7.51. The molecule has 0 spiro atoms. The lowest BCUT2D eigenvalue weighted by Crippen LogP contribution is -2.29. The highest BCUT2D eigenvalue weighted by molar-refractivity contribution is 7.93. The summed E-state index contributed by atoms with van der Waals surface area (Å²) in [6, 6.07) is 10.6. The predicted octanol–water partition coefficient (Wildman–Crippen LogP) is 1.93. The Labute approximate surface area is 141 Å². The molecule has 3 rings (SSSR count). The Morgan fingerprint density at radius 2 is 1.92 bits per heavy atom. The molecule has 1 aromatic heterocycles. The minimum absolute atomic E-state index is 0.214. The molecule has 1 fully saturated rings. The van der Waals surface area contributed by atoms with E-state index >= 15 is 0 Å². The summed E-state index contributed by atoms with van der Waals surface area (Å²) >= 11 is 0. The van der Waals surface area contributed by atoms with Gasteiger partial charge in [-0.05, 0) is 30.7 Å². The Morgan fingerprint density at radius 1 is 1.21 bits per heavy atom.